The molecule has 0 saturated heterocycles. The first kappa shape index (κ1) is 18.0. The number of rotatable bonds is 10. The minimum Gasteiger partial charge on any atom is -0.497 e. The molecule has 1 aromatic rings. The van der Waals surface area contributed by atoms with E-state index in [0.29, 0.717) is 25.6 Å². The Labute approximate surface area is 128 Å². The molecule has 0 fully saturated rings. The Morgan fingerprint density at radius 3 is 2.48 bits per heavy atom. The van der Waals surface area contributed by atoms with Gasteiger partial charge in [0, 0.05) is 32.7 Å². The number of methoxy groups -OCH3 is 2. The Balaban J connectivity index is 2.28. The second kappa shape index (κ2) is 9.03. The van der Waals surface area contributed by atoms with Crippen molar-refractivity contribution >= 4 is 0 Å². The van der Waals surface area contributed by atoms with Gasteiger partial charge in [-0.15, -0.1) is 0 Å². The molecule has 0 amide bonds. The van der Waals surface area contributed by atoms with Crippen LogP contribution in [0.5, 0.6) is 5.75 Å². The third-order valence-electron chi connectivity index (χ3n) is 3.70. The number of hydrogen-bond acceptors (Lipinski definition) is 4. The predicted octanol–water partition coefficient (Wildman–Crippen LogP) is 2.39. The standard InChI is InChI=1S/C17H29NO3/c1-14(18-13-17(2,19)11-12-20-3)5-6-15-7-9-16(21-4)10-8-15/h7-10,14,18-19H,5-6,11-13H2,1-4H3. The second-order valence-corrected chi connectivity index (χ2v) is 5.91. The van der Waals surface area contributed by atoms with Crippen molar-refractivity contribution in [3.05, 3.63) is 29.8 Å². The highest BCUT2D eigenvalue weighted by Gasteiger charge is 2.20. The van der Waals surface area contributed by atoms with Crippen molar-refractivity contribution in [2.45, 2.75) is 44.8 Å². The van der Waals surface area contributed by atoms with E-state index in [1.54, 1.807) is 14.2 Å². The zero-order chi connectivity index (χ0) is 15.7. The topological polar surface area (TPSA) is 50.7 Å². The molecular weight excluding hydrogens is 266 g/mol. The minimum absolute atomic E-state index is 0.362. The van der Waals surface area contributed by atoms with Crippen LogP contribution < -0.4 is 10.1 Å². The maximum Gasteiger partial charge on any atom is 0.118 e. The lowest BCUT2D eigenvalue weighted by molar-refractivity contribution is 0.0230. The summed E-state index contributed by atoms with van der Waals surface area (Å²) in [6.45, 7) is 5.15. The first-order valence-corrected chi connectivity index (χ1v) is 7.54. The number of aryl methyl sites for hydroxylation is 1. The monoisotopic (exact) mass is 295 g/mol. The molecule has 0 aromatic heterocycles. The van der Waals surface area contributed by atoms with E-state index in [2.05, 4.69) is 24.4 Å². The molecule has 4 nitrogen and oxygen atoms in total. The molecule has 2 N–H and O–H groups in total. The van der Waals surface area contributed by atoms with Gasteiger partial charge in [-0.25, -0.2) is 0 Å². The molecular formula is C17H29NO3. The Morgan fingerprint density at radius 2 is 1.90 bits per heavy atom. The third-order valence-corrected chi connectivity index (χ3v) is 3.70. The molecule has 120 valence electrons. The van der Waals surface area contributed by atoms with Gasteiger partial charge in [0.15, 0.2) is 0 Å². The number of ether oxygens (including phenoxy) is 2. The predicted molar refractivity (Wildman–Crippen MR) is 85.9 cm³/mol. The molecule has 1 rings (SSSR count). The molecule has 0 bridgehead atoms. The van der Waals surface area contributed by atoms with Gasteiger partial charge in [0.25, 0.3) is 0 Å². The summed E-state index contributed by atoms with van der Waals surface area (Å²) in [7, 11) is 3.33. The van der Waals surface area contributed by atoms with Crippen LogP contribution in [0.25, 0.3) is 0 Å². The molecule has 0 radical (unpaired) electrons. The van der Waals surface area contributed by atoms with Crippen LogP contribution in [0.1, 0.15) is 32.3 Å². The van der Waals surface area contributed by atoms with Crippen LogP contribution in [0.3, 0.4) is 0 Å². The summed E-state index contributed by atoms with van der Waals surface area (Å²) >= 11 is 0. The summed E-state index contributed by atoms with van der Waals surface area (Å²) in [6, 6.07) is 8.54. The van der Waals surface area contributed by atoms with E-state index < -0.39 is 5.60 Å². The van der Waals surface area contributed by atoms with E-state index in [1.807, 2.05) is 19.1 Å². The summed E-state index contributed by atoms with van der Waals surface area (Å²) in [5.74, 6) is 0.888. The van der Waals surface area contributed by atoms with Crippen molar-refractivity contribution in [1.29, 1.82) is 0 Å². The molecule has 0 aliphatic heterocycles. The van der Waals surface area contributed by atoms with Crippen LogP contribution in [0, 0.1) is 0 Å². The van der Waals surface area contributed by atoms with Crippen molar-refractivity contribution in [2.24, 2.45) is 0 Å². The lowest BCUT2D eigenvalue weighted by atomic mass is 10.0. The SMILES string of the molecule is COCCC(C)(O)CNC(C)CCc1ccc(OC)cc1. The van der Waals surface area contributed by atoms with Crippen LogP contribution in [0.4, 0.5) is 0 Å². The molecule has 21 heavy (non-hydrogen) atoms. The fraction of sp³-hybridized carbons (Fsp3) is 0.647. The van der Waals surface area contributed by atoms with Gasteiger partial charge in [0.05, 0.1) is 12.7 Å². The Morgan fingerprint density at radius 1 is 1.24 bits per heavy atom. The maximum absolute atomic E-state index is 10.2. The van der Waals surface area contributed by atoms with Crippen LogP contribution >= 0.6 is 0 Å². The summed E-state index contributed by atoms with van der Waals surface area (Å²) < 4.78 is 10.2. The summed E-state index contributed by atoms with van der Waals surface area (Å²) in [5.41, 5.74) is 0.584. The quantitative estimate of drug-likeness (QED) is 0.696. The highest BCUT2D eigenvalue weighted by molar-refractivity contribution is 5.27. The summed E-state index contributed by atoms with van der Waals surface area (Å²) in [5, 5.41) is 13.6. The van der Waals surface area contributed by atoms with Crippen LogP contribution in [0.2, 0.25) is 0 Å². The molecule has 1 aromatic carbocycles. The molecule has 0 spiro atoms. The normalized spacial score (nSPS) is 15.5. The van der Waals surface area contributed by atoms with Crippen LogP contribution in [0.15, 0.2) is 24.3 Å². The third kappa shape index (κ3) is 7.46. The first-order valence-electron chi connectivity index (χ1n) is 7.54. The van der Waals surface area contributed by atoms with Gasteiger partial charge in [-0.2, -0.15) is 0 Å². The Bertz CT molecular complexity index is 390. The van der Waals surface area contributed by atoms with Gasteiger partial charge >= 0.3 is 0 Å². The Hall–Kier alpha value is -1.10. The number of benzene rings is 1. The minimum atomic E-state index is -0.718. The van der Waals surface area contributed by atoms with E-state index in [1.165, 1.54) is 5.56 Å². The average molecular weight is 295 g/mol. The van der Waals surface area contributed by atoms with Gasteiger partial charge in [-0.05, 0) is 44.4 Å². The van der Waals surface area contributed by atoms with Crippen molar-refractivity contribution in [1.82, 2.24) is 5.32 Å². The lowest BCUT2D eigenvalue weighted by Gasteiger charge is -2.25. The van der Waals surface area contributed by atoms with Gasteiger partial charge in [-0.1, -0.05) is 12.1 Å². The molecule has 4 heteroatoms. The zero-order valence-corrected chi connectivity index (χ0v) is 13.7. The molecule has 0 aliphatic carbocycles. The van der Waals surface area contributed by atoms with Crippen molar-refractivity contribution in [2.75, 3.05) is 27.4 Å². The first-order chi connectivity index (χ1) is 9.96. The second-order valence-electron chi connectivity index (χ2n) is 5.91. The van der Waals surface area contributed by atoms with E-state index >= 15 is 0 Å². The van der Waals surface area contributed by atoms with E-state index in [9.17, 15) is 5.11 Å². The number of nitrogens with one attached hydrogen (secondary N) is 1. The largest absolute Gasteiger partial charge is 0.497 e. The van der Waals surface area contributed by atoms with Gasteiger partial charge in [-0.3, -0.25) is 0 Å². The fourth-order valence-electron chi connectivity index (χ4n) is 2.08. The molecule has 0 aliphatic rings. The maximum atomic E-state index is 10.2. The van der Waals surface area contributed by atoms with Crippen molar-refractivity contribution in [3.63, 3.8) is 0 Å². The average Bonchev–Trinajstić information content (AvgIpc) is 2.49. The lowest BCUT2D eigenvalue weighted by Crippen LogP contribution is -2.42. The highest BCUT2D eigenvalue weighted by Crippen LogP contribution is 2.14. The summed E-state index contributed by atoms with van der Waals surface area (Å²) in [4.78, 5) is 0. The zero-order valence-electron chi connectivity index (χ0n) is 13.7. The van der Waals surface area contributed by atoms with Crippen LogP contribution in [-0.4, -0.2) is 44.1 Å². The van der Waals surface area contributed by atoms with Gasteiger partial charge in [0.1, 0.15) is 5.75 Å². The van der Waals surface area contributed by atoms with Crippen molar-refractivity contribution < 1.29 is 14.6 Å². The van der Waals surface area contributed by atoms with E-state index in [0.717, 1.165) is 18.6 Å². The van der Waals surface area contributed by atoms with Gasteiger partial charge < -0.3 is 19.9 Å². The molecule has 0 saturated carbocycles. The Kier molecular flexibility index (Phi) is 7.72. The van der Waals surface area contributed by atoms with Crippen LogP contribution in [-0.2, 0) is 11.2 Å². The van der Waals surface area contributed by atoms with E-state index in [-0.39, 0.29) is 0 Å². The summed E-state index contributed by atoms with van der Waals surface area (Å²) in [6.07, 6.45) is 2.69. The van der Waals surface area contributed by atoms with Gasteiger partial charge in [0.2, 0.25) is 0 Å². The number of aliphatic hydroxyl groups is 1. The highest BCUT2D eigenvalue weighted by atomic mass is 16.5. The number of hydrogen-bond donors (Lipinski definition) is 2. The molecule has 0 heterocycles. The van der Waals surface area contributed by atoms with Crippen molar-refractivity contribution in [3.8, 4) is 5.75 Å². The molecule has 2 atom stereocenters. The van der Waals surface area contributed by atoms with E-state index in [4.69, 9.17) is 9.47 Å². The fourth-order valence-corrected chi connectivity index (χ4v) is 2.08. The smallest absolute Gasteiger partial charge is 0.118 e. The molecule has 2 unspecified atom stereocenters.